The van der Waals surface area contributed by atoms with Crippen molar-refractivity contribution in [3.05, 3.63) is 0 Å². The molecule has 0 aromatic rings. The first-order valence-electron chi connectivity index (χ1n) is 4.97. The van der Waals surface area contributed by atoms with Gasteiger partial charge in [0.25, 0.3) is 0 Å². The molecule has 1 N–H and O–H groups in total. The van der Waals surface area contributed by atoms with E-state index in [1.165, 1.54) is 0 Å². The molecule has 0 aliphatic rings. The molecule has 3 nitrogen and oxygen atoms in total. The monoisotopic (exact) mass is 204 g/mol. The van der Waals surface area contributed by atoms with Crippen molar-refractivity contribution in [3.8, 4) is 0 Å². The first-order valence-corrected chi connectivity index (χ1v) is 4.97. The molecule has 3 heteroatoms. The molecule has 0 bridgehead atoms. The second kappa shape index (κ2) is 5.10. The topological polar surface area (TPSA) is 38.7 Å². The molecule has 14 heavy (non-hydrogen) atoms. The van der Waals surface area contributed by atoms with Crippen LogP contribution in [0, 0.1) is 5.41 Å². The summed E-state index contributed by atoms with van der Waals surface area (Å²) in [5.41, 5.74) is -0.409. The normalized spacial score (nSPS) is 15.6. The van der Waals surface area contributed by atoms with Gasteiger partial charge in [-0.15, -0.1) is 0 Å². The van der Waals surface area contributed by atoms with Gasteiger partial charge in [0, 0.05) is 14.2 Å². The van der Waals surface area contributed by atoms with Crippen LogP contribution in [0.15, 0.2) is 0 Å². The van der Waals surface area contributed by atoms with E-state index < -0.39 is 6.10 Å². The number of hydrogen-bond acceptors (Lipinski definition) is 3. The predicted molar refractivity (Wildman–Crippen MR) is 57.4 cm³/mol. The summed E-state index contributed by atoms with van der Waals surface area (Å²) in [6, 6.07) is 0. The number of aliphatic hydroxyl groups is 1. The van der Waals surface area contributed by atoms with Crippen molar-refractivity contribution in [2.24, 2.45) is 5.41 Å². The molecule has 0 saturated carbocycles. The molecule has 0 aromatic heterocycles. The Labute approximate surface area is 87.4 Å². The van der Waals surface area contributed by atoms with Crippen molar-refractivity contribution in [2.45, 2.75) is 45.8 Å². The lowest BCUT2D eigenvalue weighted by molar-refractivity contribution is -0.0700. The highest BCUT2D eigenvalue weighted by atomic mass is 16.5. The first kappa shape index (κ1) is 13.9. The average Bonchev–Trinajstić information content (AvgIpc) is 2.03. The molecule has 0 fully saturated rings. The summed E-state index contributed by atoms with van der Waals surface area (Å²) in [4.78, 5) is 0. The van der Waals surface area contributed by atoms with Crippen LogP contribution in [0.4, 0.5) is 0 Å². The molecule has 0 rings (SSSR count). The molecule has 0 unspecified atom stereocenters. The lowest BCUT2D eigenvalue weighted by atomic mass is 9.77. The second-order valence-electron chi connectivity index (χ2n) is 5.10. The van der Waals surface area contributed by atoms with Crippen LogP contribution in [0.5, 0.6) is 0 Å². The maximum atomic E-state index is 9.86. The summed E-state index contributed by atoms with van der Waals surface area (Å²) >= 11 is 0. The number of aliphatic hydroxyl groups excluding tert-OH is 1. The van der Waals surface area contributed by atoms with E-state index in [1.54, 1.807) is 14.2 Å². The van der Waals surface area contributed by atoms with Gasteiger partial charge in [0.15, 0.2) is 0 Å². The van der Waals surface area contributed by atoms with Gasteiger partial charge in [-0.05, 0) is 25.7 Å². The van der Waals surface area contributed by atoms with E-state index in [-0.39, 0.29) is 11.0 Å². The minimum atomic E-state index is -0.457. The molecule has 0 radical (unpaired) electrons. The minimum Gasteiger partial charge on any atom is -0.390 e. The lowest BCUT2D eigenvalue weighted by Gasteiger charge is -2.37. The van der Waals surface area contributed by atoms with Crippen LogP contribution in [0.2, 0.25) is 0 Å². The smallest absolute Gasteiger partial charge is 0.0825 e. The van der Waals surface area contributed by atoms with E-state index in [0.29, 0.717) is 6.61 Å². The summed E-state index contributed by atoms with van der Waals surface area (Å²) < 4.78 is 10.3. The lowest BCUT2D eigenvalue weighted by Crippen LogP contribution is -2.40. The third-order valence-corrected chi connectivity index (χ3v) is 2.66. The Bertz CT molecular complexity index is 164. The van der Waals surface area contributed by atoms with Crippen LogP contribution in [-0.4, -0.2) is 37.6 Å². The van der Waals surface area contributed by atoms with Gasteiger partial charge in [-0.25, -0.2) is 0 Å². The maximum absolute atomic E-state index is 9.86. The Morgan fingerprint density at radius 1 is 1.14 bits per heavy atom. The third-order valence-electron chi connectivity index (χ3n) is 2.66. The summed E-state index contributed by atoms with van der Waals surface area (Å²) in [7, 11) is 3.29. The molecule has 1 atom stereocenters. The van der Waals surface area contributed by atoms with E-state index in [9.17, 15) is 5.11 Å². The van der Waals surface area contributed by atoms with Crippen molar-refractivity contribution in [1.82, 2.24) is 0 Å². The van der Waals surface area contributed by atoms with Crippen LogP contribution in [0.1, 0.15) is 34.1 Å². The van der Waals surface area contributed by atoms with E-state index in [1.807, 2.05) is 27.7 Å². The summed E-state index contributed by atoms with van der Waals surface area (Å²) in [5.74, 6) is 0. The Balaban J connectivity index is 4.31. The number of rotatable bonds is 6. The van der Waals surface area contributed by atoms with Crippen LogP contribution in [-0.2, 0) is 9.47 Å². The van der Waals surface area contributed by atoms with Gasteiger partial charge >= 0.3 is 0 Å². The van der Waals surface area contributed by atoms with Gasteiger partial charge in [-0.2, -0.15) is 0 Å². The van der Waals surface area contributed by atoms with Gasteiger partial charge in [0.2, 0.25) is 0 Å². The highest BCUT2D eigenvalue weighted by molar-refractivity contribution is 4.85. The summed E-state index contributed by atoms with van der Waals surface area (Å²) in [6.07, 6.45) is 0.336. The number of ether oxygens (including phenoxy) is 2. The van der Waals surface area contributed by atoms with E-state index in [2.05, 4.69) is 0 Å². The highest BCUT2D eigenvalue weighted by Crippen LogP contribution is 2.33. The van der Waals surface area contributed by atoms with Gasteiger partial charge in [0.05, 0.1) is 18.3 Å². The molecular weight excluding hydrogens is 180 g/mol. The molecule has 0 aliphatic heterocycles. The van der Waals surface area contributed by atoms with Crippen molar-refractivity contribution in [3.63, 3.8) is 0 Å². The predicted octanol–water partition coefficient (Wildman–Crippen LogP) is 1.83. The van der Waals surface area contributed by atoms with E-state index in [0.717, 1.165) is 6.42 Å². The number of methoxy groups -OCH3 is 2. The average molecular weight is 204 g/mol. The number of hydrogen-bond donors (Lipinski definition) is 1. The molecule has 0 aliphatic carbocycles. The SMILES string of the molecule is COC[C@@H](O)C(C)(C)CC(C)(C)OC. The zero-order valence-corrected chi connectivity index (χ0v) is 10.3. The fraction of sp³-hybridized carbons (Fsp3) is 1.00. The Morgan fingerprint density at radius 3 is 2.00 bits per heavy atom. The second-order valence-corrected chi connectivity index (χ2v) is 5.10. The summed E-state index contributed by atoms with van der Waals surface area (Å²) in [6.45, 7) is 8.46. The zero-order chi connectivity index (χ0) is 11.4. The van der Waals surface area contributed by atoms with Crippen LogP contribution in [0.3, 0.4) is 0 Å². The van der Waals surface area contributed by atoms with Crippen LogP contribution < -0.4 is 0 Å². The Morgan fingerprint density at radius 2 is 1.64 bits per heavy atom. The molecule has 0 aromatic carbocycles. The largest absolute Gasteiger partial charge is 0.390 e. The van der Waals surface area contributed by atoms with Crippen LogP contribution >= 0.6 is 0 Å². The van der Waals surface area contributed by atoms with E-state index >= 15 is 0 Å². The molecule has 0 spiro atoms. The molecule has 0 amide bonds. The zero-order valence-electron chi connectivity index (χ0n) is 10.3. The summed E-state index contributed by atoms with van der Waals surface area (Å²) in [5, 5.41) is 9.86. The Kier molecular flexibility index (Phi) is 5.06. The fourth-order valence-electron chi connectivity index (χ4n) is 1.67. The van der Waals surface area contributed by atoms with Crippen molar-refractivity contribution in [2.75, 3.05) is 20.8 Å². The maximum Gasteiger partial charge on any atom is 0.0825 e. The molecule has 0 heterocycles. The van der Waals surface area contributed by atoms with Crippen molar-refractivity contribution in [1.29, 1.82) is 0 Å². The fourth-order valence-corrected chi connectivity index (χ4v) is 1.67. The van der Waals surface area contributed by atoms with Gasteiger partial charge < -0.3 is 14.6 Å². The van der Waals surface area contributed by atoms with Crippen molar-refractivity contribution < 1.29 is 14.6 Å². The Hall–Kier alpha value is -0.120. The standard InChI is InChI=1S/C11H24O3/c1-10(2,9(12)7-13-5)8-11(3,4)14-6/h9,12H,7-8H2,1-6H3/t9-/m1/s1. The molecular formula is C11H24O3. The molecule has 0 saturated heterocycles. The van der Waals surface area contributed by atoms with Gasteiger partial charge in [-0.1, -0.05) is 13.8 Å². The van der Waals surface area contributed by atoms with Gasteiger partial charge in [-0.3, -0.25) is 0 Å². The van der Waals surface area contributed by atoms with Crippen molar-refractivity contribution >= 4 is 0 Å². The minimum absolute atomic E-state index is 0.199. The first-order chi connectivity index (χ1) is 6.25. The highest BCUT2D eigenvalue weighted by Gasteiger charge is 2.34. The van der Waals surface area contributed by atoms with Crippen LogP contribution in [0.25, 0.3) is 0 Å². The molecule has 86 valence electrons. The van der Waals surface area contributed by atoms with Gasteiger partial charge in [0.1, 0.15) is 0 Å². The third kappa shape index (κ3) is 4.40. The quantitative estimate of drug-likeness (QED) is 0.717. The van der Waals surface area contributed by atoms with E-state index in [4.69, 9.17) is 9.47 Å².